The zero-order valence-electron chi connectivity index (χ0n) is 16.1. The Morgan fingerprint density at radius 1 is 1.00 bits per heavy atom. The normalized spacial score (nSPS) is 19.6. The number of aromatic nitrogens is 1. The van der Waals surface area contributed by atoms with Gasteiger partial charge >= 0.3 is 0 Å². The van der Waals surface area contributed by atoms with Crippen molar-refractivity contribution in [1.82, 2.24) is 14.4 Å². The standard InChI is InChI=1S/C22H27N3O2/c1-23-12-9-22(10-13-23,19-6-4-3-5-7-19)21(27)25-11-8-17-14-20(26)24(2)15-18(17)16-25/h3-7,14-15H,8-13,16H2,1-2H3. The van der Waals surface area contributed by atoms with E-state index >= 15 is 0 Å². The van der Waals surface area contributed by atoms with Gasteiger partial charge < -0.3 is 14.4 Å². The van der Waals surface area contributed by atoms with Crippen LogP contribution in [0.4, 0.5) is 0 Å². The summed E-state index contributed by atoms with van der Waals surface area (Å²) in [4.78, 5) is 30.0. The number of fused-ring (bicyclic) bond motifs is 1. The number of rotatable bonds is 2. The van der Waals surface area contributed by atoms with Gasteiger partial charge in [-0.05, 0) is 56.1 Å². The number of aryl methyl sites for hydroxylation is 1. The van der Waals surface area contributed by atoms with Crippen molar-refractivity contribution in [3.05, 3.63) is 69.6 Å². The van der Waals surface area contributed by atoms with Crippen LogP contribution in [-0.2, 0) is 30.2 Å². The number of pyridine rings is 1. The molecular weight excluding hydrogens is 338 g/mol. The highest BCUT2D eigenvalue weighted by Gasteiger charge is 2.45. The first kappa shape index (κ1) is 18.0. The molecule has 0 saturated carbocycles. The Balaban J connectivity index is 1.66. The topological polar surface area (TPSA) is 45.6 Å². The summed E-state index contributed by atoms with van der Waals surface area (Å²) in [5.74, 6) is 0.237. The van der Waals surface area contributed by atoms with Crippen LogP contribution in [0.2, 0.25) is 0 Å². The van der Waals surface area contributed by atoms with Gasteiger partial charge in [-0.1, -0.05) is 30.3 Å². The molecule has 1 aromatic carbocycles. The number of hydrogen-bond donors (Lipinski definition) is 0. The van der Waals surface area contributed by atoms with E-state index in [-0.39, 0.29) is 11.5 Å². The molecule has 2 aromatic rings. The van der Waals surface area contributed by atoms with Crippen LogP contribution in [0.3, 0.4) is 0 Å². The maximum atomic E-state index is 13.8. The minimum Gasteiger partial charge on any atom is -0.337 e. The van der Waals surface area contributed by atoms with Crippen LogP contribution in [-0.4, -0.2) is 47.0 Å². The molecule has 0 radical (unpaired) electrons. The molecule has 2 aliphatic heterocycles. The number of hydrogen-bond acceptors (Lipinski definition) is 3. The Labute approximate surface area is 160 Å². The summed E-state index contributed by atoms with van der Waals surface area (Å²) < 4.78 is 1.61. The van der Waals surface area contributed by atoms with Gasteiger partial charge in [0.05, 0.1) is 5.41 Å². The summed E-state index contributed by atoms with van der Waals surface area (Å²) in [5.41, 5.74) is 2.89. The van der Waals surface area contributed by atoms with Gasteiger partial charge in [0.1, 0.15) is 0 Å². The number of amides is 1. The van der Waals surface area contributed by atoms with Crippen molar-refractivity contribution in [1.29, 1.82) is 0 Å². The second-order valence-electron chi connectivity index (χ2n) is 8.00. The number of carbonyl (C=O) groups is 1. The second-order valence-corrected chi connectivity index (χ2v) is 8.00. The Kier molecular flexibility index (Phi) is 4.64. The number of carbonyl (C=O) groups excluding carboxylic acids is 1. The van der Waals surface area contributed by atoms with Crippen LogP contribution in [0.15, 0.2) is 47.4 Å². The van der Waals surface area contributed by atoms with Crippen molar-refractivity contribution in [3.8, 4) is 0 Å². The summed E-state index contributed by atoms with van der Waals surface area (Å²) in [6.07, 6.45) is 4.34. The SMILES string of the molecule is CN1CCC(C(=O)N2CCc3cc(=O)n(C)cc3C2)(c2ccccc2)CC1. The van der Waals surface area contributed by atoms with Gasteiger partial charge in [0.2, 0.25) is 5.91 Å². The lowest BCUT2D eigenvalue weighted by atomic mass is 9.71. The first-order chi connectivity index (χ1) is 13.0. The molecular formula is C22H27N3O2. The van der Waals surface area contributed by atoms with Crippen LogP contribution >= 0.6 is 0 Å². The third-order valence-corrected chi connectivity index (χ3v) is 6.28. The minimum absolute atomic E-state index is 0.0181. The second kappa shape index (κ2) is 6.97. The van der Waals surface area contributed by atoms with Crippen molar-refractivity contribution >= 4 is 5.91 Å². The molecule has 142 valence electrons. The van der Waals surface area contributed by atoms with E-state index in [1.54, 1.807) is 17.7 Å². The molecule has 0 N–H and O–H groups in total. The molecule has 0 bridgehead atoms. The van der Waals surface area contributed by atoms with E-state index in [2.05, 4.69) is 24.1 Å². The van der Waals surface area contributed by atoms with Crippen LogP contribution in [0, 0.1) is 0 Å². The smallest absolute Gasteiger partial charge is 0.250 e. The molecule has 2 aliphatic rings. The molecule has 27 heavy (non-hydrogen) atoms. The van der Waals surface area contributed by atoms with E-state index in [0.717, 1.165) is 49.0 Å². The van der Waals surface area contributed by atoms with E-state index in [1.165, 1.54) is 0 Å². The molecule has 5 nitrogen and oxygen atoms in total. The lowest BCUT2D eigenvalue weighted by molar-refractivity contribution is -0.140. The quantitative estimate of drug-likeness (QED) is 0.817. The number of likely N-dealkylation sites (tertiary alicyclic amines) is 1. The first-order valence-electron chi connectivity index (χ1n) is 9.71. The average molecular weight is 365 g/mol. The number of piperidine rings is 1. The summed E-state index contributed by atoms with van der Waals surface area (Å²) >= 11 is 0. The highest BCUT2D eigenvalue weighted by Crippen LogP contribution is 2.38. The van der Waals surface area contributed by atoms with E-state index in [9.17, 15) is 9.59 Å². The van der Waals surface area contributed by atoms with Gasteiger partial charge in [-0.25, -0.2) is 0 Å². The molecule has 0 unspecified atom stereocenters. The van der Waals surface area contributed by atoms with Gasteiger partial charge in [0.15, 0.2) is 0 Å². The van der Waals surface area contributed by atoms with Crippen molar-refractivity contribution in [2.45, 2.75) is 31.2 Å². The van der Waals surface area contributed by atoms with E-state index in [1.807, 2.05) is 29.3 Å². The van der Waals surface area contributed by atoms with Crippen molar-refractivity contribution in [2.75, 3.05) is 26.7 Å². The summed E-state index contributed by atoms with van der Waals surface area (Å²) in [6.45, 7) is 3.13. The van der Waals surface area contributed by atoms with E-state index < -0.39 is 5.41 Å². The fourth-order valence-corrected chi connectivity index (χ4v) is 4.50. The van der Waals surface area contributed by atoms with Gasteiger partial charge in [0.25, 0.3) is 5.56 Å². The van der Waals surface area contributed by atoms with Gasteiger partial charge in [-0.3, -0.25) is 9.59 Å². The third kappa shape index (κ3) is 3.21. The molecule has 1 fully saturated rings. The zero-order chi connectivity index (χ0) is 19.0. The lowest BCUT2D eigenvalue weighted by Crippen LogP contribution is -2.53. The maximum absolute atomic E-state index is 13.8. The molecule has 0 spiro atoms. The van der Waals surface area contributed by atoms with Gasteiger partial charge in [-0.2, -0.15) is 0 Å². The van der Waals surface area contributed by atoms with Crippen LogP contribution < -0.4 is 5.56 Å². The molecule has 4 rings (SSSR count). The maximum Gasteiger partial charge on any atom is 0.250 e. The average Bonchev–Trinajstić information content (AvgIpc) is 2.69. The van der Waals surface area contributed by atoms with Crippen molar-refractivity contribution < 1.29 is 4.79 Å². The predicted octanol–water partition coefficient (Wildman–Crippen LogP) is 1.93. The van der Waals surface area contributed by atoms with Gasteiger partial charge in [-0.15, -0.1) is 0 Å². The highest BCUT2D eigenvalue weighted by molar-refractivity contribution is 5.88. The molecule has 3 heterocycles. The molecule has 1 saturated heterocycles. The monoisotopic (exact) mass is 365 g/mol. The molecule has 0 aliphatic carbocycles. The fraction of sp³-hybridized carbons (Fsp3) is 0.455. The molecule has 1 amide bonds. The van der Waals surface area contributed by atoms with E-state index in [0.29, 0.717) is 13.1 Å². The first-order valence-corrected chi connectivity index (χ1v) is 9.71. The molecule has 1 aromatic heterocycles. The Hall–Kier alpha value is -2.40. The minimum atomic E-state index is -0.439. The Morgan fingerprint density at radius 2 is 1.70 bits per heavy atom. The largest absolute Gasteiger partial charge is 0.337 e. The molecule has 0 atom stereocenters. The fourth-order valence-electron chi connectivity index (χ4n) is 4.50. The Morgan fingerprint density at radius 3 is 2.41 bits per heavy atom. The molecule has 5 heteroatoms. The van der Waals surface area contributed by atoms with Gasteiger partial charge in [0, 0.05) is 32.4 Å². The number of nitrogens with zero attached hydrogens (tertiary/aromatic N) is 3. The number of benzene rings is 1. The predicted molar refractivity (Wildman–Crippen MR) is 106 cm³/mol. The van der Waals surface area contributed by atoms with Crippen LogP contribution in [0.5, 0.6) is 0 Å². The zero-order valence-corrected chi connectivity index (χ0v) is 16.1. The van der Waals surface area contributed by atoms with Crippen molar-refractivity contribution in [3.63, 3.8) is 0 Å². The summed E-state index contributed by atoms with van der Waals surface area (Å²) in [5, 5.41) is 0. The van der Waals surface area contributed by atoms with Crippen molar-refractivity contribution in [2.24, 2.45) is 7.05 Å². The summed E-state index contributed by atoms with van der Waals surface area (Å²) in [6, 6.07) is 12.0. The summed E-state index contributed by atoms with van der Waals surface area (Å²) in [7, 11) is 3.89. The lowest BCUT2D eigenvalue weighted by Gasteiger charge is -2.43. The third-order valence-electron chi connectivity index (χ3n) is 6.28. The Bertz CT molecular complexity index is 896. The van der Waals surface area contributed by atoms with E-state index in [4.69, 9.17) is 0 Å². The van der Waals surface area contributed by atoms with Crippen LogP contribution in [0.1, 0.15) is 29.5 Å². The highest BCUT2D eigenvalue weighted by atomic mass is 16.2. The van der Waals surface area contributed by atoms with Crippen LogP contribution in [0.25, 0.3) is 0 Å².